The molecule has 0 spiro atoms. The summed E-state index contributed by atoms with van der Waals surface area (Å²) in [7, 11) is 0. The van der Waals surface area contributed by atoms with Gasteiger partial charge in [0.25, 0.3) is 0 Å². The Balaban J connectivity index is -0.000000585. The molecule has 0 bridgehead atoms. The highest BCUT2D eigenvalue weighted by molar-refractivity contribution is 7.98. The number of benzene rings is 1. The fourth-order valence-corrected chi connectivity index (χ4v) is 3.73. The number of rotatable bonds is 16. The minimum absolute atomic E-state index is 0.0129. The van der Waals surface area contributed by atoms with E-state index in [-0.39, 0.29) is 5.96 Å². The zero-order valence-electron chi connectivity index (χ0n) is 29.5. The first-order valence-electron chi connectivity index (χ1n) is 15.6. The van der Waals surface area contributed by atoms with Gasteiger partial charge >= 0.3 is 29.8 Å². The summed E-state index contributed by atoms with van der Waals surface area (Å²) in [6, 6.07) is 3.99. The van der Waals surface area contributed by atoms with Crippen LogP contribution in [-0.2, 0) is 30.4 Å². The Morgan fingerprint density at radius 3 is 1.61 bits per heavy atom. The molecule has 0 aliphatic rings. The highest BCUT2D eigenvalue weighted by atomic mass is 32.2. The van der Waals surface area contributed by atoms with E-state index in [1.165, 1.54) is 6.92 Å². The fraction of sp³-hybridized carbons (Fsp3) is 0.548. The van der Waals surface area contributed by atoms with Crippen molar-refractivity contribution in [3.05, 3.63) is 36.0 Å². The van der Waals surface area contributed by atoms with Gasteiger partial charge < -0.3 is 70.7 Å². The molecule has 0 saturated carbocycles. The zero-order valence-corrected chi connectivity index (χ0v) is 30.3. The van der Waals surface area contributed by atoms with Crippen molar-refractivity contribution in [2.45, 2.75) is 83.1 Å². The molecule has 0 unspecified atom stereocenters. The van der Waals surface area contributed by atoms with Crippen LogP contribution < -0.4 is 40.1 Å². The molecule has 0 amide bonds. The van der Waals surface area contributed by atoms with Gasteiger partial charge in [-0.2, -0.15) is 11.8 Å². The third-order valence-corrected chi connectivity index (χ3v) is 6.74. The fourth-order valence-electron chi connectivity index (χ4n) is 3.24. The van der Waals surface area contributed by atoms with Crippen LogP contribution in [-0.4, -0.2) is 115 Å². The number of aliphatic imine (C=N–C) groups is 1. The molecule has 20 heteroatoms. The van der Waals surface area contributed by atoms with Gasteiger partial charge in [-0.1, -0.05) is 32.0 Å². The van der Waals surface area contributed by atoms with Gasteiger partial charge in [0, 0.05) is 30.1 Å². The van der Waals surface area contributed by atoms with Gasteiger partial charge in [-0.3, -0.25) is 29.0 Å². The molecule has 19 nitrogen and oxygen atoms in total. The summed E-state index contributed by atoms with van der Waals surface area (Å²) < 4.78 is 0. The largest absolute Gasteiger partial charge is 0.480 e. The van der Waals surface area contributed by atoms with Gasteiger partial charge in [-0.25, -0.2) is 0 Å². The third kappa shape index (κ3) is 29.0. The normalized spacial score (nSPS) is 13.0. The van der Waals surface area contributed by atoms with Crippen LogP contribution in [0.4, 0.5) is 0 Å². The van der Waals surface area contributed by atoms with Crippen LogP contribution in [0.1, 0.15) is 52.0 Å². The number of guanidine groups is 1. The van der Waals surface area contributed by atoms with Gasteiger partial charge in [0.2, 0.25) is 0 Å². The molecule has 2 rings (SSSR count). The molecule has 1 aromatic heterocycles. The van der Waals surface area contributed by atoms with Crippen molar-refractivity contribution in [3.8, 4) is 0 Å². The molecule has 2 aromatic rings. The number of carboxylic acids is 5. The van der Waals surface area contributed by atoms with Gasteiger partial charge in [0.15, 0.2) is 5.96 Å². The Morgan fingerprint density at radius 1 is 0.745 bits per heavy atom. The Morgan fingerprint density at radius 2 is 1.22 bits per heavy atom. The molecular formula is C31H57N9O10S. The van der Waals surface area contributed by atoms with E-state index >= 15 is 0 Å². The number of nitrogens with two attached hydrogens (primary N) is 7. The zero-order chi connectivity index (χ0) is 40.3. The molecule has 51 heavy (non-hydrogen) atoms. The highest BCUT2D eigenvalue weighted by Crippen LogP contribution is 2.18. The molecule has 20 N–H and O–H groups in total. The molecular weight excluding hydrogens is 690 g/mol. The smallest absolute Gasteiger partial charge is 0.320 e. The van der Waals surface area contributed by atoms with E-state index in [1.807, 2.05) is 50.6 Å². The molecule has 5 atom stereocenters. The number of para-hydroxylation sites is 1. The number of H-pyrrole nitrogens is 1. The maximum Gasteiger partial charge on any atom is 0.320 e. The van der Waals surface area contributed by atoms with Crippen LogP contribution in [0.3, 0.4) is 0 Å². The number of carboxylic acid groups (broad SMARTS) is 5. The standard InChI is InChI=1S/C11H12N2O2.C6H14N4O2.C6H13NO2.C5H11NO2S.C3H7NO2/c12-9(11(14)15)5-7-6-13-10-4-2-1-3-8(7)10;7-4(5(11)12)2-1-3-10-6(8)9;1-4(2)3-5(7)6(8)9;1-9-3-2-4(6)5(7)8;1-2(4)3(5)6/h1-4,6,9,13H,5,12H2,(H,14,15);4H,1-3,7H2,(H,11,12)(H4,8,9,10);4-5H,3,7H2,1-2H3,(H,8,9);4H,2-3,6H2,1H3,(H,7,8);2H,4H2,1H3,(H,5,6)/t9-;4-;5-;4-;2-/m00000/s1. The van der Waals surface area contributed by atoms with Crippen molar-refractivity contribution in [1.29, 1.82) is 0 Å². The second-order valence-electron chi connectivity index (χ2n) is 11.3. The first kappa shape index (κ1) is 50.9. The van der Waals surface area contributed by atoms with Crippen LogP contribution in [0, 0.1) is 5.92 Å². The maximum absolute atomic E-state index is 10.6. The Kier molecular flexibility index (Phi) is 29.2. The summed E-state index contributed by atoms with van der Waals surface area (Å²) in [5.74, 6) is -3.58. The lowest BCUT2D eigenvalue weighted by atomic mass is 10.1. The minimum atomic E-state index is -1.00. The number of nitrogens with one attached hydrogen (secondary N) is 1. The summed E-state index contributed by atoms with van der Waals surface area (Å²) in [6.45, 7) is 5.73. The van der Waals surface area contributed by atoms with Crippen molar-refractivity contribution < 1.29 is 49.5 Å². The van der Waals surface area contributed by atoms with Crippen LogP contribution in [0.2, 0.25) is 0 Å². The lowest BCUT2D eigenvalue weighted by molar-refractivity contribution is -0.139. The first-order valence-corrected chi connectivity index (χ1v) is 17.0. The summed E-state index contributed by atoms with van der Waals surface area (Å²) in [4.78, 5) is 57.4. The van der Waals surface area contributed by atoms with E-state index in [2.05, 4.69) is 9.98 Å². The average Bonchev–Trinajstić information content (AvgIpc) is 3.44. The Labute approximate surface area is 301 Å². The van der Waals surface area contributed by atoms with Crippen molar-refractivity contribution >= 4 is 58.5 Å². The molecule has 1 heterocycles. The van der Waals surface area contributed by atoms with E-state index < -0.39 is 60.1 Å². The van der Waals surface area contributed by atoms with E-state index in [0.29, 0.717) is 44.6 Å². The van der Waals surface area contributed by atoms with Crippen LogP contribution in [0.15, 0.2) is 35.5 Å². The van der Waals surface area contributed by atoms with Gasteiger partial charge in [-0.05, 0) is 62.2 Å². The predicted molar refractivity (Wildman–Crippen MR) is 198 cm³/mol. The van der Waals surface area contributed by atoms with Gasteiger partial charge in [0.1, 0.15) is 30.2 Å². The van der Waals surface area contributed by atoms with Gasteiger partial charge in [-0.15, -0.1) is 0 Å². The maximum atomic E-state index is 10.6. The molecule has 0 saturated heterocycles. The lowest BCUT2D eigenvalue weighted by Crippen LogP contribution is -2.32. The first-order chi connectivity index (χ1) is 23.6. The van der Waals surface area contributed by atoms with E-state index in [0.717, 1.165) is 22.2 Å². The minimum Gasteiger partial charge on any atom is -0.480 e. The number of carbonyl (C=O) groups is 5. The second kappa shape index (κ2) is 29.3. The SMILES string of the molecule is CC(C)C[C@H](N)C(=O)O.CSCC[C@H](N)C(=O)O.C[C@H](N)C(=O)O.NC(N)=NCCC[C@H](N)C(=O)O.N[C@@H](Cc1c[nH]c2ccccc12)C(=O)O. The summed E-state index contributed by atoms with van der Waals surface area (Å²) in [6.07, 6.45) is 6.14. The monoisotopic (exact) mass is 747 g/mol. The molecule has 0 radical (unpaired) electrons. The second-order valence-corrected chi connectivity index (χ2v) is 12.3. The topological polar surface area (TPSA) is 397 Å². The number of nitrogens with zero attached hydrogens (tertiary/aromatic N) is 1. The summed E-state index contributed by atoms with van der Waals surface area (Å²) in [5, 5.41) is 42.6. The Hall–Kier alpha value is -4.47. The van der Waals surface area contributed by atoms with Crippen molar-refractivity contribution in [3.63, 3.8) is 0 Å². The quantitative estimate of drug-likeness (QED) is 0.0589. The highest BCUT2D eigenvalue weighted by Gasteiger charge is 2.15. The number of fused-ring (bicyclic) bond motifs is 1. The number of hydrogen-bond donors (Lipinski definition) is 13. The van der Waals surface area contributed by atoms with E-state index in [9.17, 15) is 24.0 Å². The molecule has 1 aromatic carbocycles. The van der Waals surface area contributed by atoms with Crippen molar-refractivity contribution in [2.75, 3.05) is 18.6 Å². The molecule has 292 valence electrons. The summed E-state index contributed by atoms with van der Waals surface area (Å²) in [5.41, 5.74) is 38.0. The number of hydrogen-bond acceptors (Lipinski definition) is 12. The number of aromatic amines is 1. The molecule has 0 aliphatic heterocycles. The van der Waals surface area contributed by atoms with Crippen LogP contribution >= 0.6 is 11.8 Å². The molecule has 0 fully saturated rings. The lowest BCUT2D eigenvalue weighted by Gasteiger charge is -2.07. The van der Waals surface area contributed by atoms with Crippen molar-refractivity contribution in [2.24, 2.45) is 51.0 Å². The number of aromatic nitrogens is 1. The van der Waals surface area contributed by atoms with E-state index in [4.69, 9.17) is 65.7 Å². The van der Waals surface area contributed by atoms with Crippen LogP contribution in [0.5, 0.6) is 0 Å². The summed E-state index contributed by atoms with van der Waals surface area (Å²) >= 11 is 1.60. The van der Waals surface area contributed by atoms with E-state index in [1.54, 1.807) is 11.8 Å². The van der Waals surface area contributed by atoms with Crippen LogP contribution in [0.25, 0.3) is 10.9 Å². The average molecular weight is 748 g/mol. The van der Waals surface area contributed by atoms with Gasteiger partial charge in [0.05, 0.1) is 0 Å². The number of thioether (sulfide) groups is 1. The predicted octanol–water partition coefficient (Wildman–Crippen LogP) is -0.412. The number of aliphatic carboxylic acids is 5. The third-order valence-electron chi connectivity index (χ3n) is 6.10. The van der Waals surface area contributed by atoms with Crippen molar-refractivity contribution in [1.82, 2.24) is 4.98 Å². The Bertz CT molecular complexity index is 1340. The molecule has 0 aliphatic carbocycles.